The summed E-state index contributed by atoms with van der Waals surface area (Å²) in [6, 6.07) is 19.9. The Hall–Kier alpha value is -3.18. The van der Waals surface area contributed by atoms with E-state index in [2.05, 4.69) is 0 Å². The van der Waals surface area contributed by atoms with Crippen molar-refractivity contribution >= 4 is 22.2 Å². The minimum atomic E-state index is -0.591. The molecule has 0 fully saturated rings. The molecule has 1 aliphatic rings. The molecule has 1 aliphatic heterocycles. The maximum absolute atomic E-state index is 12.0. The summed E-state index contributed by atoms with van der Waals surface area (Å²) in [5, 5.41) is 24.9. The van der Waals surface area contributed by atoms with E-state index < -0.39 is 11.0 Å². The van der Waals surface area contributed by atoms with Gasteiger partial charge >= 0.3 is 5.70 Å². The molecule has 5 heteroatoms. The number of quaternary nitrogens is 1. The number of nitrogens with zero attached hydrogens (tertiary/aromatic N) is 2. The quantitative estimate of drug-likeness (QED) is 0.324. The summed E-state index contributed by atoms with van der Waals surface area (Å²) in [7, 11) is 3.89. The van der Waals surface area contributed by atoms with Crippen LogP contribution in [0.1, 0.15) is 17.2 Å². The first-order chi connectivity index (χ1) is 12.4. The van der Waals surface area contributed by atoms with Gasteiger partial charge in [0.05, 0.1) is 24.4 Å². The lowest BCUT2D eigenvalue weighted by atomic mass is 9.98. The van der Waals surface area contributed by atoms with Crippen LogP contribution in [0.3, 0.4) is 0 Å². The lowest BCUT2D eigenvalue weighted by Gasteiger charge is -2.31. The van der Waals surface area contributed by atoms with Gasteiger partial charge in [0.1, 0.15) is 5.69 Å². The Morgan fingerprint density at radius 1 is 1.00 bits per heavy atom. The number of benzene rings is 3. The number of hydrogen-bond donors (Lipinski definition) is 1. The van der Waals surface area contributed by atoms with Crippen molar-refractivity contribution in [3.8, 4) is 0 Å². The topological polar surface area (TPSA) is 63.4 Å². The lowest BCUT2D eigenvalue weighted by molar-refractivity contribution is -0.433. The van der Waals surface area contributed by atoms with E-state index in [-0.39, 0.29) is 15.9 Å². The molecule has 0 aliphatic carbocycles. The fraction of sp³-hybridized carbons (Fsp3) is 0.143. The molecule has 0 aromatic heterocycles. The highest BCUT2D eigenvalue weighted by Gasteiger charge is 2.50. The van der Waals surface area contributed by atoms with Crippen molar-refractivity contribution in [1.29, 1.82) is 0 Å². The van der Waals surface area contributed by atoms with Crippen molar-refractivity contribution in [3.05, 3.63) is 93.7 Å². The van der Waals surface area contributed by atoms with Gasteiger partial charge in [0.25, 0.3) is 0 Å². The average Bonchev–Trinajstić information content (AvgIpc) is 2.86. The Morgan fingerprint density at radius 2 is 1.65 bits per heavy atom. The third-order valence-corrected chi connectivity index (χ3v) is 5.22. The van der Waals surface area contributed by atoms with Gasteiger partial charge in [-0.1, -0.05) is 60.7 Å². The molecule has 0 saturated carbocycles. The van der Waals surface area contributed by atoms with Crippen LogP contribution >= 0.6 is 0 Å². The monoisotopic (exact) mass is 347 g/mol. The molecular formula is C21H19N2O3+. The first-order valence-corrected chi connectivity index (χ1v) is 8.41. The third kappa shape index (κ3) is 2.21. The summed E-state index contributed by atoms with van der Waals surface area (Å²) in [6.07, 6.45) is 0. The van der Waals surface area contributed by atoms with Crippen LogP contribution in [0.2, 0.25) is 0 Å². The van der Waals surface area contributed by atoms with E-state index in [1.54, 1.807) is 24.3 Å². The SMILES string of the molecule is C[N+]1(C)c2cccc3cccc(c23)[C@H]1/C(=C(\O)c1ccccc1)[N+](=O)[O-]. The van der Waals surface area contributed by atoms with Gasteiger partial charge in [0, 0.05) is 11.1 Å². The molecule has 0 radical (unpaired) electrons. The predicted octanol–water partition coefficient (Wildman–Crippen LogP) is 4.66. The van der Waals surface area contributed by atoms with Gasteiger partial charge in [-0.15, -0.1) is 0 Å². The molecule has 0 spiro atoms. The van der Waals surface area contributed by atoms with Gasteiger partial charge in [-0.05, 0) is 11.5 Å². The van der Waals surface area contributed by atoms with E-state index >= 15 is 0 Å². The van der Waals surface area contributed by atoms with Gasteiger partial charge in [-0.2, -0.15) is 0 Å². The molecule has 130 valence electrons. The van der Waals surface area contributed by atoms with Crippen LogP contribution in [-0.4, -0.2) is 24.1 Å². The van der Waals surface area contributed by atoms with Gasteiger partial charge in [0.2, 0.25) is 11.8 Å². The highest BCUT2D eigenvalue weighted by molar-refractivity contribution is 5.99. The molecule has 0 unspecified atom stereocenters. The molecule has 1 atom stereocenters. The van der Waals surface area contributed by atoms with E-state index in [0.717, 1.165) is 22.0 Å². The minimum absolute atomic E-state index is 0.176. The standard InChI is InChI=1S/C21H18N2O3/c1-23(2)17-13-7-11-14-10-6-12-16(18(14)17)20(23)19(22(25)26)21(24)15-8-4-3-5-9-15/h3-13,20H,1-2H3/p+1/b21-19+/t20-/m0/s1. The third-order valence-electron chi connectivity index (χ3n) is 5.22. The molecule has 1 N–H and O–H groups in total. The zero-order valence-corrected chi connectivity index (χ0v) is 14.6. The summed E-state index contributed by atoms with van der Waals surface area (Å²) < 4.78 is 0.282. The number of aliphatic hydroxyl groups is 1. The summed E-state index contributed by atoms with van der Waals surface area (Å²) in [6.45, 7) is 0. The average molecular weight is 347 g/mol. The molecule has 26 heavy (non-hydrogen) atoms. The van der Waals surface area contributed by atoms with Gasteiger partial charge in [-0.25, -0.2) is 0 Å². The first-order valence-electron chi connectivity index (χ1n) is 8.41. The van der Waals surface area contributed by atoms with E-state index in [9.17, 15) is 15.2 Å². The van der Waals surface area contributed by atoms with Crippen molar-refractivity contribution in [2.45, 2.75) is 6.04 Å². The second-order valence-electron chi connectivity index (χ2n) is 7.02. The van der Waals surface area contributed by atoms with Crippen LogP contribution in [0.5, 0.6) is 0 Å². The molecular weight excluding hydrogens is 328 g/mol. The summed E-state index contributed by atoms with van der Waals surface area (Å²) in [5.74, 6) is -0.281. The van der Waals surface area contributed by atoms with Crippen molar-refractivity contribution < 1.29 is 10.0 Å². The molecule has 0 bridgehead atoms. The van der Waals surface area contributed by atoms with Crippen LogP contribution in [-0.2, 0) is 0 Å². The largest absolute Gasteiger partial charge is 0.502 e. The second kappa shape index (κ2) is 5.68. The maximum Gasteiger partial charge on any atom is 0.350 e. The molecule has 5 nitrogen and oxygen atoms in total. The normalized spacial score (nSPS) is 18.6. The van der Waals surface area contributed by atoms with Crippen LogP contribution < -0.4 is 4.48 Å². The summed E-state index contributed by atoms with van der Waals surface area (Å²) >= 11 is 0. The van der Waals surface area contributed by atoms with E-state index in [1.807, 2.05) is 56.6 Å². The smallest absolute Gasteiger partial charge is 0.350 e. The Kier molecular flexibility index (Phi) is 3.56. The predicted molar refractivity (Wildman–Crippen MR) is 103 cm³/mol. The van der Waals surface area contributed by atoms with Gasteiger partial charge in [0.15, 0.2) is 0 Å². The highest BCUT2D eigenvalue weighted by atomic mass is 16.6. The Labute approximate surface area is 151 Å². The van der Waals surface area contributed by atoms with Crippen molar-refractivity contribution in [2.24, 2.45) is 0 Å². The van der Waals surface area contributed by atoms with Crippen LogP contribution in [0, 0.1) is 10.1 Å². The van der Waals surface area contributed by atoms with Gasteiger partial charge < -0.3 is 5.11 Å². The van der Waals surface area contributed by atoms with Crippen molar-refractivity contribution in [2.75, 3.05) is 14.1 Å². The molecule has 0 saturated heterocycles. The zero-order valence-electron chi connectivity index (χ0n) is 14.6. The van der Waals surface area contributed by atoms with Crippen LogP contribution in [0.25, 0.3) is 16.5 Å². The van der Waals surface area contributed by atoms with Crippen molar-refractivity contribution in [1.82, 2.24) is 4.48 Å². The molecule has 3 aromatic carbocycles. The fourth-order valence-corrected chi connectivity index (χ4v) is 4.06. The fourth-order valence-electron chi connectivity index (χ4n) is 4.06. The Morgan fingerprint density at radius 3 is 2.31 bits per heavy atom. The molecule has 4 rings (SSSR count). The minimum Gasteiger partial charge on any atom is -0.502 e. The molecule has 3 aromatic rings. The van der Waals surface area contributed by atoms with E-state index in [4.69, 9.17) is 0 Å². The second-order valence-corrected chi connectivity index (χ2v) is 7.02. The van der Waals surface area contributed by atoms with E-state index in [0.29, 0.717) is 5.56 Å². The molecule has 1 heterocycles. The van der Waals surface area contributed by atoms with Gasteiger partial charge in [-0.3, -0.25) is 14.6 Å². The number of nitro groups is 1. The lowest BCUT2D eigenvalue weighted by Crippen LogP contribution is -2.43. The number of likely N-dealkylation sites (N-methyl/N-ethyl adjacent to an activating group) is 1. The van der Waals surface area contributed by atoms with E-state index in [1.165, 1.54) is 0 Å². The van der Waals surface area contributed by atoms with Crippen LogP contribution in [0.15, 0.2) is 72.4 Å². The Bertz CT molecular complexity index is 1050. The van der Waals surface area contributed by atoms with Crippen LogP contribution in [0.4, 0.5) is 5.69 Å². The maximum atomic E-state index is 12.0. The summed E-state index contributed by atoms with van der Waals surface area (Å²) in [4.78, 5) is 11.6. The van der Waals surface area contributed by atoms with Crippen molar-refractivity contribution in [3.63, 3.8) is 0 Å². The zero-order chi connectivity index (χ0) is 18.5. The Balaban J connectivity index is 2.03. The molecule has 0 amide bonds. The number of rotatable bonds is 3. The number of aliphatic hydroxyl groups excluding tert-OH is 1. The highest BCUT2D eigenvalue weighted by Crippen LogP contribution is 2.51. The summed E-state index contributed by atoms with van der Waals surface area (Å²) in [5.41, 5.74) is 2.16. The number of hydrogen-bond acceptors (Lipinski definition) is 3. The first kappa shape index (κ1) is 16.3.